The van der Waals surface area contributed by atoms with Gasteiger partial charge in [-0.3, -0.25) is 4.79 Å². The van der Waals surface area contributed by atoms with Crippen molar-refractivity contribution in [2.24, 2.45) is 17.6 Å². The molecule has 3 heteroatoms. The summed E-state index contributed by atoms with van der Waals surface area (Å²) in [5.41, 5.74) is 9.60. The molecule has 2 aliphatic rings. The minimum atomic E-state index is 0.135. The van der Waals surface area contributed by atoms with E-state index in [9.17, 15) is 4.79 Å². The zero-order chi connectivity index (χ0) is 12.2. The maximum Gasteiger partial charge on any atom is 0.231 e. The second kappa shape index (κ2) is 3.57. The van der Waals surface area contributed by atoms with Crippen LogP contribution >= 0.6 is 0 Å². The standard InChI is InChI=1S/C14H18N2O/c1-8-5-11(8)14(15)9-3-4-12-10(6-9)7-13(17)16(12)2/h3-4,6,8,11,14H,5,7,15H2,1-2H3. The molecule has 1 heterocycles. The Morgan fingerprint density at radius 2 is 2.18 bits per heavy atom. The van der Waals surface area contributed by atoms with Gasteiger partial charge in [0.15, 0.2) is 0 Å². The Bertz CT molecular complexity index is 483. The summed E-state index contributed by atoms with van der Waals surface area (Å²) in [6.07, 6.45) is 1.75. The Hall–Kier alpha value is -1.35. The van der Waals surface area contributed by atoms with Crippen LogP contribution in [0, 0.1) is 11.8 Å². The van der Waals surface area contributed by atoms with Crippen LogP contribution in [-0.4, -0.2) is 13.0 Å². The molecule has 0 aromatic heterocycles. The lowest BCUT2D eigenvalue weighted by Gasteiger charge is -2.14. The summed E-state index contributed by atoms with van der Waals surface area (Å²) < 4.78 is 0. The SMILES string of the molecule is CC1CC1C(N)c1ccc2c(c1)CC(=O)N2C. The van der Waals surface area contributed by atoms with Gasteiger partial charge in [0.25, 0.3) is 0 Å². The van der Waals surface area contributed by atoms with Gasteiger partial charge < -0.3 is 10.6 Å². The Labute approximate surface area is 102 Å². The fourth-order valence-electron chi connectivity index (χ4n) is 2.80. The monoisotopic (exact) mass is 230 g/mol. The van der Waals surface area contributed by atoms with E-state index in [1.807, 2.05) is 13.1 Å². The number of nitrogens with zero attached hydrogens (tertiary/aromatic N) is 1. The molecule has 3 nitrogen and oxygen atoms in total. The number of carbonyl (C=O) groups excluding carboxylic acids is 1. The van der Waals surface area contributed by atoms with Gasteiger partial charge in [0.2, 0.25) is 5.91 Å². The molecule has 0 spiro atoms. The Morgan fingerprint density at radius 1 is 1.47 bits per heavy atom. The summed E-state index contributed by atoms with van der Waals surface area (Å²) in [4.78, 5) is 13.3. The van der Waals surface area contributed by atoms with Gasteiger partial charge in [-0.2, -0.15) is 0 Å². The van der Waals surface area contributed by atoms with Crippen molar-refractivity contribution < 1.29 is 4.79 Å². The molecule has 3 atom stereocenters. The number of likely N-dealkylation sites (N-methyl/N-ethyl adjacent to an activating group) is 1. The van der Waals surface area contributed by atoms with E-state index in [-0.39, 0.29) is 11.9 Å². The average Bonchev–Trinajstić information content (AvgIpc) is 2.97. The molecular formula is C14H18N2O. The Balaban J connectivity index is 1.90. The van der Waals surface area contributed by atoms with E-state index < -0.39 is 0 Å². The van der Waals surface area contributed by atoms with Crippen LogP contribution < -0.4 is 10.6 Å². The molecule has 2 N–H and O–H groups in total. The molecule has 1 aromatic carbocycles. The average molecular weight is 230 g/mol. The molecule has 0 saturated heterocycles. The molecule has 1 saturated carbocycles. The number of anilines is 1. The molecule has 1 amide bonds. The van der Waals surface area contributed by atoms with Crippen LogP contribution in [0.4, 0.5) is 5.69 Å². The van der Waals surface area contributed by atoms with Crippen LogP contribution in [0.2, 0.25) is 0 Å². The maximum absolute atomic E-state index is 11.6. The van der Waals surface area contributed by atoms with Crippen LogP contribution in [-0.2, 0) is 11.2 Å². The van der Waals surface area contributed by atoms with E-state index in [0.717, 1.165) is 17.2 Å². The molecule has 0 bridgehead atoms. The molecule has 17 heavy (non-hydrogen) atoms. The van der Waals surface area contributed by atoms with E-state index >= 15 is 0 Å². The van der Waals surface area contributed by atoms with Crippen molar-refractivity contribution in [3.8, 4) is 0 Å². The quantitative estimate of drug-likeness (QED) is 0.843. The topological polar surface area (TPSA) is 46.3 Å². The number of carbonyl (C=O) groups is 1. The lowest BCUT2D eigenvalue weighted by molar-refractivity contribution is -0.117. The Morgan fingerprint density at radius 3 is 2.82 bits per heavy atom. The van der Waals surface area contributed by atoms with Gasteiger partial charge in [-0.1, -0.05) is 19.1 Å². The van der Waals surface area contributed by atoms with E-state index in [1.165, 1.54) is 12.0 Å². The van der Waals surface area contributed by atoms with Gasteiger partial charge in [-0.25, -0.2) is 0 Å². The van der Waals surface area contributed by atoms with Crippen molar-refractivity contribution >= 4 is 11.6 Å². The number of hydrogen-bond donors (Lipinski definition) is 1. The third kappa shape index (κ3) is 1.65. The van der Waals surface area contributed by atoms with E-state index in [4.69, 9.17) is 5.73 Å². The summed E-state index contributed by atoms with van der Waals surface area (Å²) in [6, 6.07) is 6.36. The third-order valence-corrected chi connectivity index (χ3v) is 4.20. The third-order valence-electron chi connectivity index (χ3n) is 4.20. The fourth-order valence-corrected chi connectivity index (χ4v) is 2.80. The van der Waals surface area contributed by atoms with E-state index in [0.29, 0.717) is 12.3 Å². The van der Waals surface area contributed by atoms with Gasteiger partial charge in [0.05, 0.1) is 6.42 Å². The molecule has 1 aliphatic carbocycles. The number of benzene rings is 1. The first-order valence-corrected chi connectivity index (χ1v) is 6.23. The highest BCUT2D eigenvalue weighted by Crippen LogP contribution is 2.46. The number of fused-ring (bicyclic) bond motifs is 1. The van der Waals surface area contributed by atoms with Crippen LogP contribution in [0.5, 0.6) is 0 Å². The lowest BCUT2D eigenvalue weighted by atomic mass is 9.99. The zero-order valence-corrected chi connectivity index (χ0v) is 10.3. The second-order valence-corrected chi connectivity index (χ2v) is 5.42. The number of nitrogens with two attached hydrogens (primary N) is 1. The highest BCUT2D eigenvalue weighted by Gasteiger charge is 2.38. The molecule has 0 radical (unpaired) electrons. The van der Waals surface area contributed by atoms with E-state index in [1.54, 1.807) is 4.90 Å². The number of hydrogen-bond acceptors (Lipinski definition) is 2. The molecule has 1 aromatic rings. The molecule has 1 aliphatic heterocycles. The van der Waals surface area contributed by atoms with Crippen molar-refractivity contribution in [3.05, 3.63) is 29.3 Å². The predicted octanol–water partition coefficient (Wildman–Crippen LogP) is 1.86. The van der Waals surface area contributed by atoms with Crippen molar-refractivity contribution in [2.75, 3.05) is 11.9 Å². The highest BCUT2D eigenvalue weighted by atomic mass is 16.2. The molecule has 3 unspecified atom stereocenters. The van der Waals surface area contributed by atoms with Crippen molar-refractivity contribution in [1.82, 2.24) is 0 Å². The molecule has 3 rings (SSSR count). The smallest absolute Gasteiger partial charge is 0.231 e. The Kier molecular flexibility index (Phi) is 2.26. The fraction of sp³-hybridized carbons (Fsp3) is 0.500. The van der Waals surface area contributed by atoms with Gasteiger partial charge in [-0.05, 0) is 35.4 Å². The minimum absolute atomic E-state index is 0.135. The van der Waals surface area contributed by atoms with Gasteiger partial charge in [-0.15, -0.1) is 0 Å². The van der Waals surface area contributed by atoms with Gasteiger partial charge >= 0.3 is 0 Å². The van der Waals surface area contributed by atoms with Crippen molar-refractivity contribution in [2.45, 2.75) is 25.8 Å². The normalized spacial score (nSPS) is 28.2. The molecule has 1 fully saturated rings. The highest BCUT2D eigenvalue weighted by molar-refractivity contribution is 6.00. The van der Waals surface area contributed by atoms with Gasteiger partial charge in [0, 0.05) is 18.8 Å². The second-order valence-electron chi connectivity index (χ2n) is 5.42. The number of amides is 1. The van der Waals surface area contributed by atoms with Crippen LogP contribution in [0.3, 0.4) is 0 Å². The first-order chi connectivity index (χ1) is 8.08. The lowest BCUT2D eigenvalue weighted by Crippen LogP contribution is -2.20. The summed E-state index contributed by atoms with van der Waals surface area (Å²) in [5, 5.41) is 0. The molecular weight excluding hydrogens is 212 g/mol. The summed E-state index contributed by atoms with van der Waals surface area (Å²) in [7, 11) is 1.83. The van der Waals surface area contributed by atoms with E-state index in [2.05, 4.69) is 19.1 Å². The summed E-state index contributed by atoms with van der Waals surface area (Å²) >= 11 is 0. The first kappa shape index (κ1) is 10.8. The van der Waals surface area contributed by atoms with Crippen LogP contribution in [0.25, 0.3) is 0 Å². The first-order valence-electron chi connectivity index (χ1n) is 6.23. The molecule has 90 valence electrons. The van der Waals surface area contributed by atoms with Crippen LogP contribution in [0.1, 0.15) is 30.5 Å². The zero-order valence-electron chi connectivity index (χ0n) is 10.3. The van der Waals surface area contributed by atoms with Crippen molar-refractivity contribution in [3.63, 3.8) is 0 Å². The van der Waals surface area contributed by atoms with Crippen LogP contribution in [0.15, 0.2) is 18.2 Å². The summed E-state index contributed by atoms with van der Waals surface area (Å²) in [5.74, 6) is 1.55. The summed E-state index contributed by atoms with van der Waals surface area (Å²) in [6.45, 7) is 2.25. The maximum atomic E-state index is 11.6. The number of rotatable bonds is 2. The van der Waals surface area contributed by atoms with Gasteiger partial charge in [0.1, 0.15) is 0 Å². The van der Waals surface area contributed by atoms with Crippen molar-refractivity contribution in [1.29, 1.82) is 0 Å². The predicted molar refractivity (Wildman–Crippen MR) is 67.8 cm³/mol. The largest absolute Gasteiger partial charge is 0.324 e. The minimum Gasteiger partial charge on any atom is -0.324 e.